The minimum Gasteiger partial charge on any atom is -0.507 e. The fourth-order valence-electron chi connectivity index (χ4n) is 4.04. The molecule has 5 rings (SSSR count). The maximum absolute atomic E-state index is 13.2. The first kappa shape index (κ1) is 22.5. The highest BCUT2D eigenvalue weighted by Gasteiger charge is 2.39. The number of carbonyl (C=O) groups is 1. The summed E-state index contributed by atoms with van der Waals surface area (Å²) in [6.45, 7) is 0.194. The first-order valence-electron chi connectivity index (χ1n) is 10.6. The third kappa shape index (κ3) is 4.15. The fraction of sp³-hybridized carbons (Fsp3) is 0.167. The third-order valence-electron chi connectivity index (χ3n) is 5.72. The predicted octanol–water partition coefficient (Wildman–Crippen LogP) is 4.60. The Morgan fingerprint density at radius 3 is 2.62 bits per heavy atom. The molecule has 1 fully saturated rings. The van der Waals surface area contributed by atoms with Crippen LogP contribution >= 0.6 is 11.3 Å². The Hall–Kier alpha value is -3.34. The molecule has 1 aliphatic heterocycles. The molecular formula is C24H20FN3O4S2. The molecule has 0 saturated carbocycles. The van der Waals surface area contributed by atoms with Crippen LogP contribution in [0, 0.1) is 5.82 Å². The van der Waals surface area contributed by atoms with Crippen molar-refractivity contribution in [2.75, 3.05) is 11.9 Å². The van der Waals surface area contributed by atoms with Gasteiger partial charge in [-0.3, -0.25) is 4.79 Å². The van der Waals surface area contributed by atoms with Crippen molar-refractivity contribution in [3.63, 3.8) is 0 Å². The van der Waals surface area contributed by atoms with Gasteiger partial charge >= 0.3 is 0 Å². The number of phenols is 1. The smallest absolute Gasteiger partial charge is 0.243 e. The van der Waals surface area contributed by atoms with Gasteiger partial charge in [-0.05, 0) is 61.4 Å². The molecule has 1 unspecified atom stereocenters. The van der Waals surface area contributed by atoms with Gasteiger partial charge in [0.05, 0.1) is 20.7 Å². The van der Waals surface area contributed by atoms with Gasteiger partial charge in [-0.2, -0.15) is 4.31 Å². The maximum Gasteiger partial charge on any atom is 0.243 e. The number of anilines is 1. The number of halogens is 1. The number of rotatable bonds is 5. The van der Waals surface area contributed by atoms with E-state index in [2.05, 4.69) is 10.3 Å². The van der Waals surface area contributed by atoms with Crippen LogP contribution in [0.3, 0.4) is 0 Å². The number of fused-ring (bicyclic) bond motifs is 1. The van der Waals surface area contributed by atoms with E-state index in [0.29, 0.717) is 29.1 Å². The summed E-state index contributed by atoms with van der Waals surface area (Å²) < 4.78 is 41.4. The lowest BCUT2D eigenvalue weighted by Crippen LogP contribution is -2.43. The quantitative estimate of drug-likeness (QED) is 0.420. The number of sulfonamides is 1. The molecule has 2 heterocycles. The summed E-state index contributed by atoms with van der Waals surface area (Å²) in [5, 5.41) is 13.9. The average molecular weight is 498 g/mol. The number of carbonyl (C=O) groups excluding carboxylic acids is 1. The predicted molar refractivity (Wildman–Crippen MR) is 129 cm³/mol. The van der Waals surface area contributed by atoms with Crippen LogP contribution in [0.15, 0.2) is 71.6 Å². The lowest BCUT2D eigenvalue weighted by Gasteiger charge is -2.23. The summed E-state index contributed by atoms with van der Waals surface area (Å²) in [5.41, 5.74) is 1.72. The summed E-state index contributed by atoms with van der Waals surface area (Å²) in [7, 11) is -3.96. The van der Waals surface area contributed by atoms with Crippen molar-refractivity contribution in [2.45, 2.75) is 23.8 Å². The lowest BCUT2D eigenvalue weighted by atomic mass is 10.1. The normalized spacial score (nSPS) is 16.7. The van der Waals surface area contributed by atoms with Crippen LogP contribution in [0.1, 0.15) is 12.8 Å². The SMILES string of the molecule is O=C(Nc1ccc(-c2nc3ccccc3s2)c(O)c1)C1CCCN1S(=O)(=O)c1ccc(F)cc1. The van der Waals surface area contributed by atoms with Gasteiger partial charge in [0, 0.05) is 18.3 Å². The number of amides is 1. The van der Waals surface area contributed by atoms with Gasteiger partial charge in [0.15, 0.2) is 0 Å². The zero-order valence-corrected chi connectivity index (χ0v) is 19.4. The van der Waals surface area contributed by atoms with Gasteiger partial charge in [0.25, 0.3) is 0 Å². The molecule has 34 heavy (non-hydrogen) atoms. The van der Waals surface area contributed by atoms with Gasteiger partial charge in [-0.1, -0.05) is 12.1 Å². The van der Waals surface area contributed by atoms with Crippen LogP contribution in [-0.4, -0.2) is 41.3 Å². The lowest BCUT2D eigenvalue weighted by molar-refractivity contribution is -0.119. The fourth-order valence-corrected chi connectivity index (χ4v) is 6.69. The highest BCUT2D eigenvalue weighted by atomic mass is 32.2. The molecular weight excluding hydrogens is 477 g/mol. The molecule has 10 heteroatoms. The molecule has 0 bridgehead atoms. The Morgan fingerprint density at radius 2 is 1.88 bits per heavy atom. The van der Waals surface area contributed by atoms with Crippen LogP contribution in [-0.2, 0) is 14.8 Å². The number of hydrogen-bond acceptors (Lipinski definition) is 6. The minimum absolute atomic E-state index is 0.0425. The molecule has 0 spiro atoms. The Kier molecular flexibility index (Phi) is 5.80. The average Bonchev–Trinajstić information content (AvgIpc) is 3.47. The molecule has 2 N–H and O–H groups in total. The number of benzene rings is 3. The molecule has 1 aliphatic rings. The third-order valence-corrected chi connectivity index (χ3v) is 8.71. The van der Waals surface area contributed by atoms with E-state index < -0.39 is 27.8 Å². The van der Waals surface area contributed by atoms with Gasteiger partial charge in [0.2, 0.25) is 15.9 Å². The Bertz CT molecular complexity index is 1450. The van der Waals surface area contributed by atoms with E-state index in [1.807, 2.05) is 24.3 Å². The summed E-state index contributed by atoms with van der Waals surface area (Å²) in [6.07, 6.45) is 0.891. The van der Waals surface area contributed by atoms with Crippen molar-refractivity contribution in [2.24, 2.45) is 0 Å². The molecule has 0 aliphatic carbocycles. The zero-order chi connectivity index (χ0) is 23.9. The second-order valence-electron chi connectivity index (χ2n) is 7.94. The van der Waals surface area contributed by atoms with E-state index in [4.69, 9.17) is 0 Å². The van der Waals surface area contributed by atoms with E-state index in [1.54, 1.807) is 12.1 Å². The monoisotopic (exact) mass is 497 g/mol. The van der Waals surface area contributed by atoms with Crippen molar-refractivity contribution in [3.8, 4) is 16.3 Å². The molecule has 3 aromatic carbocycles. The Balaban J connectivity index is 1.35. The van der Waals surface area contributed by atoms with E-state index in [1.165, 1.54) is 29.5 Å². The molecule has 0 radical (unpaired) electrons. The van der Waals surface area contributed by atoms with Crippen LogP contribution in [0.4, 0.5) is 10.1 Å². The van der Waals surface area contributed by atoms with Gasteiger partial charge in [-0.15, -0.1) is 11.3 Å². The second-order valence-corrected chi connectivity index (χ2v) is 10.9. The minimum atomic E-state index is -3.96. The largest absolute Gasteiger partial charge is 0.507 e. The summed E-state index contributed by atoms with van der Waals surface area (Å²) in [5.74, 6) is -1.07. The molecule has 1 amide bonds. The summed E-state index contributed by atoms with van der Waals surface area (Å²) in [6, 6.07) is 16.0. The number of nitrogens with zero attached hydrogens (tertiary/aromatic N) is 2. The number of aromatic nitrogens is 1. The molecule has 1 atom stereocenters. The standard InChI is InChI=1S/C24H20FN3O4S2/c25-15-7-10-17(11-8-15)34(31,32)28-13-3-5-20(28)23(30)26-16-9-12-18(21(29)14-16)24-27-19-4-1-2-6-22(19)33-24/h1-2,4,6-12,14,20,29H,3,5,13H2,(H,26,30). The van der Waals surface area contributed by atoms with Crippen molar-refractivity contribution < 1.29 is 22.7 Å². The van der Waals surface area contributed by atoms with Crippen LogP contribution in [0.25, 0.3) is 20.8 Å². The highest BCUT2D eigenvalue weighted by molar-refractivity contribution is 7.89. The number of nitrogens with one attached hydrogen (secondary N) is 1. The van der Waals surface area contributed by atoms with Crippen LogP contribution < -0.4 is 5.32 Å². The van der Waals surface area contributed by atoms with E-state index in [0.717, 1.165) is 26.7 Å². The number of phenolic OH excluding ortho intramolecular Hbond substituents is 1. The molecule has 7 nitrogen and oxygen atoms in total. The van der Waals surface area contributed by atoms with Gasteiger partial charge in [0.1, 0.15) is 22.6 Å². The van der Waals surface area contributed by atoms with Gasteiger partial charge in [-0.25, -0.2) is 17.8 Å². The summed E-state index contributed by atoms with van der Waals surface area (Å²) in [4.78, 5) is 17.5. The highest BCUT2D eigenvalue weighted by Crippen LogP contribution is 2.37. The number of aromatic hydroxyl groups is 1. The maximum atomic E-state index is 13.2. The zero-order valence-electron chi connectivity index (χ0n) is 17.8. The molecule has 174 valence electrons. The Labute approximate surface area is 199 Å². The Morgan fingerprint density at radius 1 is 1.12 bits per heavy atom. The van der Waals surface area contributed by atoms with Crippen molar-refractivity contribution in [1.29, 1.82) is 0 Å². The van der Waals surface area contributed by atoms with Gasteiger partial charge < -0.3 is 10.4 Å². The molecule has 1 saturated heterocycles. The van der Waals surface area contributed by atoms with Crippen molar-refractivity contribution in [1.82, 2.24) is 9.29 Å². The van der Waals surface area contributed by atoms with Crippen molar-refractivity contribution in [3.05, 3.63) is 72.5 Å². The van der Waals surface area contributed by atoms with E-state index >= 15 is 0 Å². The first-order valence-corrected chi connectivity index (χ1v) is 12.9. The first-order chi connectivity index (χ1) is 16.3. The molecule has 1 aromatic heterocycles. The number of para-hydroxylation sites is 1. The van der Waals surface area contributed by atoms with E-state index in [-0.39, 0.29) is 17.2 Å². The van der Waals surface area contributed by atoms with E-state index in [9.17, 15) is 22.7 Å². The van der Waals surface area contributed by atoms with Crippen LogP contribution in [0.5, 0.6) is 5.75 Å². The van der Waals surface area contributed by atoms with Crippen LogP contribution in [0.2, 0.25) is 0 Å². The number of thiazole rings is 1. The molecule has 4 aromatic rings. The van der Waals surface area contributed by atoms with Crippen molar-refractivity contribution >= 4 is 43.2 Å². The summed E-state index contributed by atoms with van der Waals surface area (Å²) >= 11 is 1.45. The topological polar surface area (TPSA) is 99.6 Å². The second kappa shape index (κ2) is 8.79. The number of hydrogen-bond donors (Lipinski definition) is 2.